The maximum absolute atomic E-state index is 13.6. The van der Waals surface area contributed by atoms with Gasteiger partial charge in [0.25, 0.3) is 0 Å². The highest BCUT2D eigenvalue weighted by Crippen LogP contribution is 2.32. The highest BCUT2D eigenvalue weighted by Gasteiger charge is 2.23. The Labute approximate surface area is 149 Å². The zero-order chi connectivity index (χ0) is 19.1. The standard InChI is InChI=1S/C20H18FNO4/c1-20(2,3)26-19(25)22-16-6-5-15(21)9-13(16)10-17(22)12-4-7-18(24)14(8-12)11-23/h4-11,24H,1-3H3. The number of phenolic OH excluding ortho intramolecular Hbond substituents is 1. The fourth-order valence-corrected chi connectivity index (χ4v) is 2.71. The van der Waals surface area contributed by atoms with Crippen molar-refractivity contribution in [3.63, 3.8) is 0 Å². The number of nitrogens with zero attached hydrogens (tertiary/aromatic N) is 1. The second-order valence-electron chi connectivity index (χ2n) is 6.94. The Morgan fingerprint density at radius 2 is 1.88 bits per heavy atom. The number of carbonyl (C=O) groups is 2. The largest absolute Gasteiger partial charge is 0.507 e. The Bertz CT molecular complexity index is 1010. The predicted octanol–water partition coefficient (Wildman–Crippen LogP) is 4.75. The van der Waals surface area contributed by atoms with Gasteiger partial charge in [0.1, 0.15) is 17.2 Å². The molecule has 0 aliphatic rings. The van der Waals surface area contributed by atoms with E-state index in [0.717, 1.165) is 0 Å². The van der Waals surface area contributed by atoms with Crippen LogP contribution in [0, 0.1) is 5.82 Å². The van der Waals surface area contributed by atoms with Gasteiger partial charge in [-0.15, -0.1) is 0 Å². The molecule has 6 heteroatoms. The molecule has 0 saturated heterocycles. The van der Waals surface area contributed by atoms with Gasteiger partial charge in [-0.3, -0.25) is 4.79 Å². The summed E-state index contributed by atoms with van der Waals surface area (Å²) in [6, 6.07) is 10.1. The van der Waals surface area contributed by atoms with Gasteiger partial charge in [0.2, 0.25) is 0 Å². The number of aromatic hydroxyl groups is 1. The second kappa shape index (κ2) is 6.29. The summed E-state index contributed by atoms with van der Waals surface area (Å²) in [5.74, 6) is -0.584. The van der Waals surface area contributed by atoms with Gasteiger partial charge in [-0.05, 0) is 68.8 Å². The SMILES string of the molecule is CC(C)(C)OC(=O)n1c(-c2ccc(O)c(C=O)c2)cc2cc(F)ccc21. The number of aldehydes is 1. The van der Waals surface area contributed by atoms with E-state index in [1.807, 2.05) is 0 Å². The predicted molar refractivity (Wildman–Crippen MR) is 96.0 cm³/mol. The average Bonchev–Trinajstić information content (AvgIpc) is 2.92. The van der Waals surface area contributed by atoms with Crippen LogP contribution in [0.3, 0.4) is 0 Å². The monoisotopic (exact) mass is 355 g/mol. The van der Waals surface area contributed by atoms with Gasteiger partial charge in [-0.1, -0.05) is 0 Å². The molecule has 0 radical (unpaired) electrons. The summed E-state index contributed by atoms with van der Waals surface area (Å²) in [5.41, 5.74) is 0.815. The first-order valence-electron chi connectivity index (χ1n) is 8.02. The third kappa shape index (κ3) is 3.31. The highest BCUT2D eigenvalue weighted by atomic mass is 19.1. The van der Waals surface area contributed by atoms with Crippen LogP contribution >= 0.6 is 0 Å². The van der Waals surface area contributed by atoms with E-state index >= 15 is 0 Å². The average molecular weight is 355 g/mol. The molecule has 0 atom stereocenters. The molecule has 2 aromatic carbocycles. The lowest BCUT2D eigenvalue weighted by Crippen LogP contribution is -2.27. The zero-order valence-corrected chi connectivity index (χ0v) is 14.6. The number of fused-ring (bicyclic) bond motifs is 1. The first kappa shape index (κ1) is 17.7. The van der Waals surface area contributed by atoms with E-state index in [1.165, 1.54) is 34.9 Å². The third-order valence-electron chi connectivity index (χ3n) is 3.79. The van der Waals surface area contributed by atoms with Gasteiger partial charge >= 0.3 is 6.09 Å². The maximum Gasteiger partial charge on any atom is 0.419 e. The molecule has 3 aromatic rings. The molecule has 0 saturated carbocycles. The Hall–Kier alpha value is -3.15. The van der Waals surface area contributed by atoms with Crippen molar-refractivity contribution in [1.29, 1.82) is 0 Å². The Morgan fingerprint density at radius 1 is 1.15 bits per heavy atom. The smallest absolute Gasteiger partial charge is 0.419 e. The summed E-state index contributed by atoms with van der Waals surface area (Å²) < 4.78 is 20.4. The van der Waals surface area contributed by atoms with Crippen molar-refractivity contribution >= 4 is 23.3 Å². The summed E-state index contributed by atoms with van der Waals surface area (Å²) in [7, 11) is 0. The van der Waals surface area contributed by atoms with Crippen molar-refractivity contribution in [1.82, 2.24) is 4.57 Å². The minimum Gasteiger partial charge on any atom is -0.507 e. The molecule has 1 aromatic heterocycles. The molecule has 0 bridgehead atoms. The summed E-state index contributed by atoms with van der Waals surface area (Å²) in [4.78, 5) is 23.9. The molecular weight excluding hydrogens is 337 g/mol. The van der Waals surface area contributed by atoms with Crippen LogP contribution in [0.25, 0.3) is 22.2 Å². The summed E-state index contributed by atoms with van der Waals surface area (Å²) in [6.45, 7) is 5.25. The van der Waals surface area contributed by atoms with Gasteiger partial charge in [0.05, 0.1) is 16.8 Å². The van der Waals surface area contributed by atoms with Gasteiger partial charge in [-0.2, -0.15) is 0 Å². The van der Waals surface area contributed by atoms with E-state index in [1.54, 1.807) is 32.9 Å². The fourth-order valence-electron chi connectivity index (χ4n) is 2.71. The molecule has 1 N–H and O–H groups in total. The summed E-state index contributed by atoms with van der Waals surface area (Å²) >= 11 is 0. The van der Waals surface area contributed by atoms with Crippen LogP contribution in [0.2, 0.25) is 0 Å². The highest BCUT2D eigenvalue weighted by molar-refractivity contribution is 5.97. The number of phenols is 1. The fraction of sp³-hybridized carbons (Fsp3) is 0.200. The molecule has 0 amide bonds. The molecule has 5 nitrogen and oxygen atoms in total. The van der Waals surface area contributed by atoms with Crippen LogP contribution in [0.5, 0.6) is 5.75 Å². The van der Waals surface area contributed by atoms with E-state index in [4.69, 9.17) is 4.74 Å². The van der Waals surface area contributed by atoms with Crippen LogP contribution in [0.15, 0.2) is 42.5 Å². The van der Waals surface area contributed by atoms with Crippen molar-refractivity contribution in [2.75, 3.05) is 0 Å². The van der Waals surface area contributed by atoms with Gasteiger partial charge < -0.3 is 9.84 Å². The lowest BCUT2D eigenvalue weighted by molar-refractivity contribution is 0.0547. The molecule has 26 heavy (non-hydrogen) atoms. The second-order valence-corrected chi connectivity index (χ2v) is 6.94. The van der Waals surface area contributed by atoms with Crippen molar-refractivity contribution in [3.8, 4) is 17.0 Å². The van der Waals surface area contributed by atoms with Gasteiger partial charge in [-0.25, -0.2) is 13.8 Å². The number of ether oxygens (including phenoxy) is 1. The van der Waals surface area contributed by atoms with Crippen LogP contribution in [-0.4, -0.2) is 27.7 Å². The third-order valence-corrected chi connectivity index (χ3v) is 3.79. The molecule has 0 unspecified atom stereocenters. The van der Waals surface area contributed by atoms with Crippen LogP contribution in [0.4, 0.5) is 9.18 Å². The van der Waals surface area contributed by atoms with Gasteiger partial charge in [0, 0.05) is 5.39 Å². The van der Waals surface area contributed by atoms with E-state index in [2.05, 4.69) is 0 Å². The quantitative estimate of drug-likeness (QED) is 0.674. The zero-order valence-electron chi connectivity index (χ0n) is 14.6. The molecular formula is C20H18FNO4. The number of rotatable bonds is 2. The number of carbonyl (C=O) groups excluding carboxylic acids is 2. The molecule has 0 aliphatic carbocycles. The van der Waals surface area contributed by atoms with E-state index in [-0.39, 0.29) is 11.3 Å². The number of hydrogen-bond donors (Lipinski definition) is 1. The van der Waals surface area contributed by atoms with Crippen molar-refractivity contribution in [3.05, 3.63) is 53.8 Å². The number of halogens is 1. The maximum atomic E-state index is 13.6. The Balaban J connectivity index is 2.25. The molecule has 3 rings (SSSR count). The number of hydrogen-bond acceptors (Lipinski definition) is 4. The van der Waals surface area contributed by atoms with Crippen LogP contribution in [0.1, 0.15) is 31.1 Å². The molecule has 0 fully saturated rings. The molecule has 134 valence electrons. The summed E-state index contributed by atoms with van der Waals surface area (Å²) in [5, 5.41) is 10.2. The number of aromatic nitrogens is 1. The minimum absolute atomic E-state index is 0.0923. The minimum atomic E-state index is -0.714. The van der Waals surface area contributed by atoms with E-state index in [9.17, 15) is 19.1 Å². The van der Waals surface area contributed by atoms with Gasteiger partial charge in [0.15, 0.2) is 6.29 Å². The van der Waals surface area contributed by atoms with E-state index in [0.29, 0.717) is 28.4 Å². The first-order chi connectivity index (χ1) is 12.2. The normalized spacial score (nSPS) is 11.5. The lowest BCUT2D eigenvalue weighted by Gasteiger charge is -2.21. The molecule has 0 spiro atoms. The topological polar surface area (TPSA) is 68.5 Å². The Kier molecular flexibility index (Phi) is 4.28. The van der Waals surface area contributed by atoms with Crippen molar-refractivity contribution in [2.24, 2.45) is 0 Å². The first-order valence-corrected chi connectivity index (χ1v) is 8.02. The van der Waals surface area contributed by atoms with Crippen LogP contribution < -0.4 is 0 Å². The Morgan fingerprint density at radius 3 is 2.54 bits per heavy atom. The molecule has 0 aliphatic heterocycles. The van der Waals surface area contributed by atoms with E-state index < -0.39 is 17.5 Å². The van der Waals surface area contributed by atoms with Crippen molar-refractivity contribution < 1.29 is 23.8 Å². The van der Waals surface area contributed by atoms with Crippen molar-refractivity contribution in [2.45, 2.75) is 26.4 Å². The summed E-state index contributed by atoms with van der Waals surface area (Å²) in [6.07, 6.45) is -0.0891. The lowest BCUT2D eigenvalue weighted by atomic mass is 10.1. The number of benzene rings is 2. The molecule has 1 heterocycles. The van der Waals surface area contributed by atoms with Crippen LogP contribution in [-0.2, 0) is 4.74 Å².